The van der Waals surface area contributed by atoms with E-state index in [2.05, 4.69) is 32.2 Å². The smallest absolute Gasteiger partial charge is 0.250 e. The Hall–Kier alpha value is -1.31. The lowest BCUT2D eigenvalue weighted by Gasteiger charge is -2.07. The standard InChI is InChI=1S/C14H21NO.H2/c1-4-12-6-5-7-13(9-8-12)14(16)15-10-11(2)3;/h6-9,11H,4-5,10H2,1-3H3,(H,15,16);1H. The maximum absolute atomic E-state index is 11.8. The Balaban J connectivity index is 0.00000256. The van der Waals surface area contributed by atoms with Gasteiger partial charge in [0.05, 0.1) is 0 Å². The van der Waals surface area contributed by atoms with Gasteiger partial charge in [0, 0.05) is 13.5 Å². The molecule has 90 valence electrons. The van der Waals surface area contributed by atoms with E-state index in [1.807, 2.05) is 18.2 Å². The second kappa shape index (κ2) is 6.31. The summed E-state index contributed by atoms with van der Waals surface area (Å²) in [6.07, 6.45) is 9.96. The molecule has 1 N–H and O–H groups in total. The third-order valence-corrected chi connectivity index (χ3v) is 2.54. The Morgan fingerprint density at radius 1 is 1.44 bits per heavy atom. The van der Waals surface area contributed by atoms with Crippen LogP contribution < -0.4 is 5.32 Å². The maximum Gasteiger partial charge on any atom is 0.250 e. The van der Waals surface area contributed by atoms with Crippen LogP contribution in [0.4, 0.5) is 0 Å². The van der Waals surface area contributed by atoms with Gasteiger partial charge in [-0.1, -0.05) is 44.6 Å². The molecule has 0 aromatic rings. The summed E-state index contributed by atoms with van der Waals surface area (Å²) in [5.41, 5.74) is 2.07. The first kappa shape index (κ1) is 12.8. The van der Waals surface area contributed by atoms with Crippen LogP contribution in [0.25, 0.3) is 0 Å². The zero-order chi connectivity index (χ0) is 12.0. The van der Waals surface area contributed by atoms with E-state index in [4.69, 9.17) is 0 Å². The summed E-state index contributed by atoms with van der Waals surface area (Å²) in [6, 6.07) is 0. The highest BCUT2D eigenvalue weighted by molar-refractivity contribution is 5.96. The van der Waals surface area contributed by atoms with Crippen LogP contribution in [0.3, 0.4) is 0 Å². The average molecular weight is 221 g/mol. The number of hydrogen-bond acceptors (Lipinski definition) is 1. The number of hydrogen-bond donors (Lipinski definition) is 1. The molecule has 0 heterocycles. The lowest BCUT2D eigenvalue weighted by atomic mass is 10.1. The molecule has 0 saturated heterocycles. The maximum atomic E-state index is 11.8. The molecule has 0 aromatic heterocycles. The van der Waals surface area contributed by atoms with Gasteiger partial charge in [0.2, 0.25) is 0 Å². The molecule has 16 heavy (non-hydrogen) atoms. The molecule has 0 saturated carbocycles. The number of rotatable bonds is 4. The Kier molecular flexibility index (Phi) is 5.03. The largest absolute Gasteiger partial charge is 0.352 e. The van der Waals surface area contributed by atoms with Crippen molar-refractivity contribution in [3.8, 4) is 0 Å². The zero-order valence-electron chi connectivity index (χ0n) is 10.4. The van der Waals surface area contributed by atoms with Gasteiger partial charge in [0.25, 0.3) is 5.91 Å². The van der Waals surface area contributed by atoms with Gasteiger partial charge in [-0.25, -0.2) is 0 Å². The van der Waals surface area contributed by atoms with Crippen molar-refractivity contribution in [2.75, 3.05) is 6.54 Å². The predicted molar refractivity (Wildman–Crippen MR) is 70.2 cm³/mol. The Morgan fingerprint density at radius 2 is 2.19 bits per heavy atom. The third kappa shape index (κ3) is 4.05. The summed E-state index contributed by atoms with van der Waals surface area (Å²) in [4.78, 5) is 11.8. The molecule has 1 aliphatic rings. The van der Waals surface area contributed by atoms with Crippen molar-refractivity contribution in [1.29, 1.82) is 0 Å². The number of nitrogens with one attached hydrogen (secondary N) is 1. The molecule has 1 amide bonds. The first-order chi connectivity index (χ1) is 7.63. The third-order valence-electron chi connectivity index (χ3n) is 2.54. The molecule has 0 aromatic carbocycles. The van der Waals surface area contributed by atoms with E-state index in [0.29, 0.717) is 5.92 Å². The topological polar surface area (TPSA) is 29.1 Å². The average Bonchev–Trinajstić information content (AvgIpc) is 2.50. The number of allylic oxidation sites excluding steroid dienone is 4. The molecule has 2 heteroatoms. The van der Waals surface area contributed by atoms with Crippen LogP contribution in [-0.4, -0.2) is 12.5 Å². The van der Waals surface area contributed by atoms with Gasteiger partial charge in [0.1, 0.15) is 0 Å². The molecule has 0 spiro atoms. The number of amides is 1. The van der Waals surface area contributed by atoms with Crippen LogP contribution in [0.2, 0.25) is 0 Å². The molecule has 1 rings (SSSR count). The lowest BCUT2D eigenvalue weighted by molar-refractivity contribution is -0.117. The first-order valence-corrected chi connectivity index (χ1v) is 5.99. The molecule has 0 radical (unpaired) electrons. The van der Waals surface area contributed by atoms with Crippen molar-refractivity contribution in [1.82, 2.24) is 5.32 Å². The molecular weight excluding hydrogens is 198 g/mol. The quantitative estimate of drug-likeness (QED) is 0.776. The molecule has 2 nitrogen and oxygen atoms in total. The molecule has 0 atom stereocenters. The fourth-order valence-electron chi connectivity index (χ4n) is 1.50. The highest BCUT2D eigenvalue weighted by Crippen LogP contribution is 2.13. The minimum absolute atomic E-state index is 0. The summed E-state index contributed by atoms with van der Waals surface area (Å²) in [7, 11) is 0. The van der Waals surface area contributed by atoms with Gasteiger partial charge in [-0.05, 0) is 24.8 Å². The summed E-state index contributed by atoms with van der Waals surface area (Å²) >= 11 is 0. The van der Waals surface area contributed by atoms with Crippen molar-refractivity contribution < 1.29 is 6.22 Å². The van der Waals surface area contributed by atoms with Crippen LogP contribution in [0.15, 0.2) is 35.5 Å². The van der Waals surface area contributed by atoms with Gasteiger partial charge >= 0.3 is 0 Å². The summed E-state index contributed by atoms with van der Waals surface area (Å²) in [6.45, 7) is 7.04. The summed E-state index contributed by atoms with van der Waals surface area (Å²) < 4.78 is 0. The van der Waals surface area contributed by atoms with Crippen LogP contribution >= 0.6 is 0 Å². The van der Waals surface area contributed by atoms with Gasteiger partial charge in [-0.3, -0.25) is 4.79 Å². The van der Waals surface area contributed by atoms with Gasteiger partial charge in [-0.2, -0.15) is 0 Å². The minimum Gasteiger partial charge on any atom is -0.352 e. The van der Waals surface area contributed by atoms with E-state index < -0.39 is 0 Å². The van der Waals surface area contributed by atoms with Crippen molar-refractivity contribution >= 4 is 5.91 Å². The van der Waals surface area contributed by atoms with Crippen LogP contribution in [0, 0.1) is 5.92 Å². The van der Waals surface area contributed by atoms with Crippen LogP contribution in [-0.2, 0) is 4.79 Å². The van der Waals surface area contributed by atoms with E-state index in [1.165, 1.54) is 5.57 Å². The van der Waals surface area contributed by atoms with Crippen LogP contribution in [0.5, 0.6) is 0 Å². The first-order valence-electron chi connectivity index (χ1n) is 5.99. The predicted octanol–water partition coefficient (Wildman–Crippen LogP) is 3.23. The zero-order valence-corrected chi connectivity index (χ0v) is 10.4. The van der Waals surface area contributed by atoms with Crippen molar-refractivity contribution in [2.45, 2.75) is 33.6 Å². The highest BCUT2D eigenvalue weighted by Gasteiger charge is 2.07. The van der Waals surface area contributed by atoms with E-state index in [0.717, 1.165) is 25.0 Å². The van der Waals surface area contributed by atoms with Gasteiger partial charge in [0.15, 0.2) is 0 Å². The minimum atomic E-state index is 0. The van der Waals surface area contributed by atoms with Gasteiger partial charge in [-0.15, -0.1) is 0 Å². The second-order valence-electron chi connectivity index (χ2n) is 4.46. The summed E-state index contributed by atoms with van der Waals surface area (Å²) in [5, 5.41) is 2.93. The second-order valence-corrected chi connectivity index (χ2v) is 4.46. The molecule has 0 fully saturated rings. The van der Waals surface area contributed by atoms with E-state index in [-0.39, 0.29) is 7.33 Å². The Labute approximate surface area is 99.6 Å². The van der Waals surface area contributed by atoms with Crippen molar-refractivity contribution in [3.05, 3.63) is 35.5 Å². The van der Waals surface area contributed by atoms with Crippen molar-refractivity contribution in [2.24, 2.45) is 5.92 Å². The molecule has 0 aliphatic heterocycles. The monoisotopic (exact) mass is 221 g/mol. The molecule has 0 bridgehead atoms. The normalized spacial score (nSPS) is 15.5. The van der Waals surface area contributed by atoms with E-state index in [1.54, 1.807) is 0 Å². The van der Waals surface area contributed by atoms with E-state index >= 15 is 0 Å². The van der Waals surface area contributed by atoms with Crippen LogP contribution in [0.1, 0.15) is 35.0 Å². The number of carbonyl (C=O) groups excluding carboxylic acids is 1. The molecule has 1 aliphatic carbocycles. The SMILES string of the molecule is CCC1=CCC=C(C(=O)NCC(C)C)C=C1.[HH]. The molecular formula is C14H23NO. The van der Waals surface area contributed by atoms with E-state index in [9.17, 15) is 4.79 Å². The summed E-state index contributed by atoms with van der Waals surface area (Å²) in [5.74, 6) is 0.527. The fourth-order valence-corrected chi connectivity index (χ4v) is 1.50. The lowest BCUT2D eigenvalue weighted by Crippen LogP contribution is -2.28. The Morgan fingerprint density at radius 3 is 2.81 bits per heavy atom. The number of carbonyl (C=O) groups is 1. The molecule has 0 unspecified atom stereocenters. The van der Waals surface area contributed by atoms with Crippen molar-refractivity contribution in [3.63, 3.8) is 0 Å². The van der Waals surface area contributed by atoms with Gasteiger partial charge < -0.3 is 5.32 Å². The Bertz CT molecular complexity index is 340. The fraction of sp³-hybridized carbons (Fsp3) is 0.500. The highest BCUT2D eigenvalue weighted by atomic mass is 16.1.